The van der Waals surface area contributed by atoms with Crippen LogP contribution >= 0.6 is 27.5 Å². The lowest BCUT2D eigenvalue weighted by Gasteiger charge is -2.09. The zero-order chi connectivity index (χ0) is 13.5. The van der Waals surface area contributed by atoms with Crippen molar-refractivity contribution in [3.63, 3.8) is 0 Å². The molecule has 0 aromatic heterocycles. The van der Waals surface area contributed by atoms with Gasteiger partial charge in [-0.3, -0.25) is 4.79 Å². The van der Waals surface area contributed by atoms with Gasteiger partial charge in [-0.05, 0) is 53.7 Å². The molecule has 18 heavy (non-hydrogen) atoms. The third-order valence-corrected chi connectivity index (χ3v) is 4.01. The fourth-order valence-corrected chi connectivity index (χ4v) is 2.22. The van der Waals surface area contributed by atoms with Crippen molar-refractivity contribution in [3.05, 3.63) is 33.8 Å². The second-order valence-corrected chi connectivity index (χ2v) is 5.80. The molecule has 1 N–H and O–H groups in total. The van der Waals surface area contributed by atoms with Crippen molar-refractivity contribution in [1.29, 1.82) is 0 Å². The predicted octanol–water partition coefficient (Wildman–Crippen LogP) is 4.14. The molecule has 1 unspecified atom stereocenters. The Balaban J connectivity index is 2.43. The highest BCUT2D eigenvalue weighted by molar-refractivity contribution is 9.10. The maximum absolute atomic E-state index is 12.0. The minimum Gasteiger partial charge on any atom is -0.352 e. The second-order valence-electron chi connectivity index (χ2n) is 4.64. The van der Waals surface area contributed by atoms with Crippen molar-refractivity contribution in [2.75, 3.05) is 12.4 Å². The summed E-state index contributed by atoms with van der Waals surface area (Å²) >= 11 is 9.13. The van der Waals surface area contributed by atoms with Gasteiger partial charge in [0.05, 0.1) is 5.56 Å². The van der Waals surface area contributed by atoms with Crippen LogP contribution in [-0.4, -0.2) is 18.3 Å². The lowest BCUT2D eigenvalue weighted by Crippen LogP contribution is -2.25. The lowest BCUT2D eigenvalue weighted by molar-refractivity contribution is 0.0951. The number of rotatable bonds is 6. The smallest absolute Gasteiger partial charge is 0.252 e. The first kappa shape index (κ1) is 15.5. The summed E-state index contributed by atoms with van der Waals surface area (Å²) in [4.78, 5) is 12.0. The van der Waals surface area contributed by atoms with Gasteiger partial charge in [0, 0.05) is 16.9 Å². The summed E-state index contributed by atoms with van der Waals surface area (Å²) in [7, 11) is 0. The molecule has 0 heterocycles. The van der Waals surface area contributed by atoms with Crippen LogP contribution in [0.3, 0.4) is 0 Å². The van der Waals surface area contributed by atoms with E-state index >= 15 is 0 Å². The van der Waals surface area contributed by atoms with E-state index < -0.39 is 0 Å². The molecule has 0 radical (unpaired) electrons. The molecule has 0 saturated heterocycles. The third-order valence-electron chi connectivity index (χ3n) is 2.79. The normalized spacial score (nSPS) is 12.2. The summed E-state index contributed by atoms with van der Waals surface area (Å²) in [5.41, 5.74) is 1.78. The first-order valence-electron chi connectivity index (χ1n) is 6.15. The Morgan fingerprint density at radius 2 is 2.22 bits per heavy atom. The minimum absolute atomic E-state index is 0.0240. The maximum atomic E-state index is 12.0. The van der Waals surface area contributed by atoms with Crippen LogP contribution in [0.2, 0.25) is 0 Å². The molecule has 0 bridgehead atoms. The van der Waals surface area contributed by atoms with Crippen molar-refractivity contribution in [2.24, 2.45) is 5.92 Å². The monoisotopic (exact) mass is 331 g/mol. The van der Waals surface area contributed by atoms with Crippen LogP contribution in [0.15, 0.2) is 22.7 Å². The highest BCUT2D eigenvalue weighted by Crippen LogP contribution is 2.18. The number of amides is 1. The largest absolute Gasteiger partial charge is 0.352 e. The predicted molar refractivity (Wildman–Crippen MR) is 80.3 cm³/mol. The van der Waals surface area contributed by atoms with E-state index in [0.29, 0.717) is 23.9 Å². The number of alkyl halides is 1. The van der Waals surface area contributed by atoms with Crippen LogP contribution in [0.25, 0.3) is 0 Å². The number of halogens is 2. The van der Waals surface area contributed by atoms with Crippen molar-refractivity contribution in [3.8, 4) is 0 Å². The Labute approximate surface area is 122 Å². The molecule has 1 atom stereocenters. The quantitative estimate of drug-likeness (QED) is 0.615. The number of carbonyl (C=O) groups is 1. The van der Waals surface area contributed by atoms with E-state index in [1.165, 1.54) is 0 Å². The van der Waals surface area contributed by atoms with Crippen LogP contribution in [0, 0.1) is 12.8 Å². The number of nitrogens with one attached hydrogen (secondary N) is 1. The third kappa shape index (κ3) is 4.99. The molecule has 0 spiro atoms. The van der Waals surface area contributed by atoms with E-state index in [4.69, 9.17) is 11.6 Å². The van der Waals surface area contributed by atoms with Gasteiger partial charge >= 0.3 is 0 Å². The van der Waals surface area contributed by atoms with E-state index in [9.17, 15) is 4.79 Å². The molecule has 4 heteroatoms. The highest BCUT2D eigenvalue weighted by Gasteiger charge is 2.09. The van der Waals surface area contributed by atoms with Gasteiger partial charge in [-0.25, -0.2) is 0 Å². The Hall–Kier alpha value is -0.540. The van der Waals surface area contributed by atoms with Crippen molar-refractivity contribution in [2.45, 2.75) is 26.7 Å². The summed E-state index contributed by atoms with van der Waals surface area (Å²) in [6, 6.07) is 5.77. The van der Waals surface area contributed by atoms with Gasteiger partial charge in [0.2, 0.25) is 0 Å². The molecule has 100 valence electrons. The Morgan fingerprint density at radius 1 is 1.50 bits per heavy atom. The molecular formula is C14H19BrClNO. The molecule has 1 aromatic carbocycles. The highest BCUT2D eigenvalue weighted by atomic mass is 79.9. The number of hydrogen-bond donors (Lipinski definition) is 1. The van der Waals surface area contributed by atoms with Crippen LogP contribution in [0.4, 0.5) is 0 Å². The van der Waals surface area contributed by atoms with E-state index in [2.05, 4.69) is 28.2 Å². The molecule has 2 nitrogen and oxygen atoms in total. The van der Waals surface area contributed by atoms with Gasteiger partial charge in [-0.1, -0.05) is 18.6 Å². The van der Waals surface area contributed by atoms with Crippen molar-refractivity contribution >= 4 is 33.4 Å². The van der Waals surface area contributed by atoms with E-state index in [-0.39, 0.29) is 5.91 Å². The second kappa shape index (κ2) is 7.80. The van der Waals surface area contributed by atoms with Crippen LogP contribution < -0.4 is 5.32 Å². The van der Waals surface area contributed by atoms with Crippen molar-refractivity contribution < 1.29 is 4.79 Å². The zero-order valence-corrected chi connectivity index (χ0v) is 13.1. The molecular weight excluding hydrogens is 314 g/mol. The number of hydrogen-bond acceptors (Lipinski definition) is 1. The molecule has 1 rings (SSSR count). The van der Waals surface area contributed by atoms with Gasteiger partial charge in [0.1, 0.15) is 0 Å². The summed E-state index contributed by atoms with van der Waals surface area (Å²) in [6.07, 6.45) is 2.00. The molecule has 0 aliphatic rings. The van der Waals surface area contributed by atoms with Gasteiger partial charge in [0.25, 0.3) is 5.91 Å². The number of carbonyl (C=O) groups excluding carboxylic acids is 1. The Kier molecular flexibility index (Phi) is 6.72. The molecule has 1 aromatic rings. The fourth-order valence-electron chi connectivity index (χ4n) is 1.64. The summed E-state index contributed by atoms with van der Waals surface area (Å²) in [6.45, 7) is 4.79. The molecule has 0 fully saturated rings. The standard InChI is InChI=1S/C14H19BrClNO/c1-10-5-6-13(15)12(8-10)14(18)17-7-3-4-11(2)9-16/h5-6,8,11H,3-4,7,9H2,1-2H3,(H,17,18). The van der Waals surface area contributed by atoms with Crippen LogP contribution in [0.5, 0.6) is 0 Å². The van der Waals surface area contributed by atoms with Gasteiger partial charge in [-0.15, -0.1) is 11.6 Å². The zero-order valence-electron chi connectivity index (χ0n) is 10.8. The summed E-state index contributed by atoms with van der Waals surface area (Å²) in [5, 5.41) is 2.93. The van der Waals surface area contributed by atoms with E-state index in [1.54, 1.807) is 0 Å². The SMILES string of the molecule is Cc1ccc(Br)c(C(=O)NCCCC(C)CCl)c1. The topological polar surface area (TPSA) is 29.1 Å². The van der Waals surface area contributed by atoms with E-state index in [1.807, 2.05) is 25.1 Å². The van der Waals surface area contributed by atoms with Gasteiger partial charge in [-0.2, -0.15) is 0 Å². The average molecular weight is 333 g/mol. The van der Waals surface area contributed by atoms with Crippen LogP contribution in [0.1, 0.15) is 35.7 Å². The van der Waals surface area contributed by atoms with Gasteiger partial charge < -0.3 is 5.32 Å². The van der Waals surface area contributed by atoms with Gasteiger partial charge in [0.15, 0.2) is 0 Å². The lowest BCUT2D eigenvalue weighted by atomic mass is 10.1. The first-order chi connectivity index (χ1) is 8.54. The van der Waals surface area contributed by atoms with Crippen LogP contribution in [-0.2, 0) is 0 Å². The first-order valence-corrected chi connectivity index (χ1v) is 7.47. The molecule has 0 saturated carbocycles. The fraction of sp³-hybridized carbons (Fsp3) is 0.500. The summed E-state index contributed by atoms with van der Waals surface area (Å²) < 4.78 is 0.833. The average Bonchev–Trinajstić information content (AvgIpc) is 2.36. The van der Waals surface area contributed by atoms with E-state index in [0.717, 1.165) is 22.9 Å². The number of aryl methyl sites for hydroxylation is 1. The maximum Gasteiger partial charge on any atom is 0.252 e. The minimum atomic E-state index is -0.0240. The van der Waals surface area contributed by atoms with Crippen molar-refractivity contribution in [1.82, 2.24) is 5.32 Å². The number of benzene rings is 1. The molecule has 0 aliphatic heterocycles. The Bertz CT molecular complexity index is 409. The molecule has 0 aliphatic carbocycles. The molecule has 1 amide bonds. The Morgan fingerprint density at radius 3 is 2.89 bits per heavy atom. The summed E-state index contributed by atoms with van der Waals surface area (Å²) in [5.74, 6) is 1.16.